The number of para-hydroxylation sites is 1. The maximum absolute atomic E-state index is 11.2. The number of nitrogens with zero attached hydrogens (tertiary/aromatic N) is 2. The third kappa shape index (κ3) is 1.77. The van der Waals surface area contributed by atoms with Gasteiger partial charge in [-0.3, -0.25) is 10.1 Å². The van der Waals surface area contributed by atoms with E-state index < -0.39 is 25.5 Å². The lowest BCUT2D eigenvalue weighted by atomic mass is 10.3. The first kappa shape index (κ1) is 10.3. The van der Waals surface area contributed by atoms with E-state index in [9.17, 15) is 18.5 Å². The number of hydrogen-bond donors (Lipinski definition) is 0. The quantitative estimate of drug-likeness (QED) is 0.426. The molecule has 0 radical (unpaired) electrons. The molecule has 0 atom stereocenters. The number of hydrogen-bond acceptors (Lipinski definition) is 4. The third-order valence-corrected chi connectivity index (χ3v) is 2.75. The van der Waals surface area contributed by atoms with Crippen molar-refractivity contribution < 1.29 is 13.3 Å². The van der Waals surface area contributed by atoms with Crippen molar-refractivity contribution in [2.45, 2.75) is 4.90 Å². The highest BCUT2D eigenvalue weighted by Gasteiger charge is 2.23. The van der Waals surface area contributed by atoms with Crippen LogP contribution in [0.15, 0.2) is 33.6 Å². The molecule has 1 rings (SSSR count). The highest BCUT2D eigenvalue weighted by molar-refractivity contribution is 7.90. The number of nitro groups is 1. The fourth-order valence-electron chi connectivity index (χ4n) is 0.896. The van der Waals surface area contributed by atoms with Crippen molar-refractivity contribution in [2.75, 3.05) is 0 Å². The van der Waals surface area contributed by atoms with Gasteiger partial charge in [0.2, 0.25) is 0 Å². The van der Waals surface area contributed by atoms with Crippen LogP contribution in [-0.2, 0) is 10.0 Å². The zero-order valence-corrected chi connectivity index (χ0v) is 7.77. The minimum absolute atomic E-state index is 0.444. The molecule has 0 heterocycles. The summed E-state index contributed by atoms with van der Waals surface area (Å²) in [7, 11) is -4.00. The van der Waals surface area contributed by atoms with Gasteiger partial charge in [-0.2, -0.15) is 12.8 Å². The molecule has 0 saturated carbocycles. The van der Waals surface area contributed by atoms with Crippen molar-refractivity contribution in [3.8, 4) is 0 Å². The van der Waals surface area contributed by atoms with Gasteiger partial charge in [0.15, 0.2) is 4.90 Å². The van der Waals surface area contributed by atoms with Gasteiger partial charge < -0.3 is 0 Å². The summed E-state index contributed by atoms with van der Waals surface area (Å²) in [5.74, 6) is 0. The predicted molar refractivity (Wildman–Crippen MR) is 49.8 cm³/mol. The van der Waals surface area contributed by atoms with E-state index in [0.29, 0.717) is 0 Å². The van der Waals surface area contributed by atoms with Crippen molar-refractivity contribution >= 4 is 22.4 Å². The van der Waals surface area contributed by atoms with Crippen LogP contribution in [0.5, 0.6) is 0 Å². The van der Waals surface area contributed by atoms with Crippen LogP contribution < -0.4 is 0 Å². The minimum atomic E-state index is -4.00. The van der Waals surface area contributed by atoms with E-state index in [1.54, 1.807) is 0 Å². The molecule has 0 aliphatic carbocycles. The highest BCUT2D eigenvalue weighted by Crippen LogP contribution is 2.23. The number of sulfonamides is 1. The highest BCUT2D eigenvalue weighted by atomic mass is 32.2. The van der Waals surface area contributed by atoms with Gasteiger partial charge in [-0.25, -0.2) is 0 Å². The zero-order valence-electron chi connectivity index (χ0n) is 6.95. The average molecular weight is 214 g/mol. The Balaban J connectivity index is 3.50. The van der Waals surface area contributed by atoms with Gasteiger partial charge in [-0.1, -0.05) is 12.1 Å². The van der Waals surface area contributed by atoms with Gasteiger partial charge >= 0.3 is 0 Å². The molecule has 14 heavy (non-hydrogen) atoms. The molecule has 0 aromatic heterocycles. The van der Waals surface area contributed by atoms with Crippen LogP contribution in [0, 0.1) is 10.1 Å². The summed E-state index contributed by atoms with van der Waals surface area (Å²) >= 11 is 0. The van der Waals surface area contributed by atoms with Gasteiger partial charge in [0.1, 0.15) is 0 Å². The number of nitro benzene ring substituents is 1. The second-order valence-electron chi connectivity index (χ2n) is 2.33. The molecule has 1 aromatic carbocycles. The first-order valence-corrected chi connectivity index (χ1v) is 4.89. The van der Waals surface area contributed by atoms with Crippen LogP contribution in [0.2, 0.25) is 0 Å². The Morgan fingerprint density at radius 3 is 2.43 bits per heavy atom. The lowest BCUT2D eigenvalue weighted by Crippen LogP contribution is -2.01. The molecule has 6 nitrogen and oxygen atoms in total. The molecule has 0 spiro atoms. The van der Waals surface area contributed by atoms with Crippen molar-refractivity contribution in [3.63, 3.8) is 0 Å². The van der Waals surface area contributed by atoms with Crippen molar-refractivity contribution in [2.24, 2.45) is 4.40 Å². The Morgan fingerprint density at radius 2 is 1.93 bits per heavy atom. The second-order valence-corrected chi connectivity index (χ2v) is 3.98. The van der Waals surface area contributed by atoms with E-state index in [1.165, 1.54) is 12.1 Å². The van der Waals surface area contributed by atoms with E-state index in [2.05, 4.69) is 11.1 Å². The van der Waals surface area contributed by atoms with E-state index in [-0.39, 0.29) is 0 Å². The number of rotatable bonds is 3. The molecular weight excluding hydrogens is 208 g/mol. The molecule has 0 bridgehead atoms. The molecule has 1 aromatic rings. The SMILES string of the molecule is C=NS(=O)(=O)c1ccccc1[N+](=O)[O-]. The van der Waals surface area contributed by atoms with Gasteiger partial charge in [0.05, 0.1) is 4.92 Å². The molecule has 0 saturated heterocycles. The van der Waals surface area contributed by atoms with Crippen molar-refractivity contribution in [1.82, 2.24) is 0 Å². The molecule has 0 amide bonds. The van der Waals surface area contributed by atoms with Gasteiger partial charge in [0, 0.05) is 12.8 Å². The Labute approximate surface area is 80.1 Å². The standard InChI is InChI=1S/C7H6N2O4S/c1-8-14(12,13)7-5-3-2-4-6(7)9(10)11/h2-5H,1H2. The van der Waals surface area contributed by atoms with Crippen molar-refractivity contribution in [3.05, 3.63) is 34.4 Å². The van der Waals surface area contributed by atoms with E-state index in [1.807, 2.05) is 0 Å². The average Bonchev–Trinajstić information content (AvgIpc) is 2.18. The summed E-state index contributed by atoms with van der Waals surface area (Å²) in [4.78, 5) is 9.24. The molecular formula is C7H6N2O4S. The van der Waals surface area contributed by atoms with Crippen LogP contribution in [0.3, 0.4) is 0 Å². The summed E-state index contributed by atoms with van der Waals surface area (Å²) in [5, 5.41) is 10.5. The predicted octanol–water partition coefficient (Wildman–Crippen LogP) is 0.984. The maximum atomic E-state index is 11.2. The van der Waals surface area contributed by atoms with Crippen LogP contribution in [0.25, 0.3) is 0 Å². The molecule has 0 N–H and O–H groups in total. The second kappa shape index (κ2) is 3.54. The zero-order chi connectivity index (χ0) is 10.8. The maximum Gasteiger partial charge on any atom is 0.289 e. The van der Waals surface area contributed by atoms with Gasteiger partial charge in [-0.15, -0.1) is 0 Å². The molecule has 0 aliphatic rings. The molecule has 0 aliphatic heterocycles. The lowest BCUT2D eigenvalue weighted by molar-refractivity contribution is -0.387. The Bertz CT molecular complexity index is 480. The van der Waals surface area contributed by atoms with Gasteiger partial charge in [-0.05, 0) is 6.07 Å². The summed E-state index contributed by atoms with van der Waals surface area (Å²) in [6.07, 6.45) is 0. The summed E-state index contributed by atoms with van der Waals surface area (Å²) in [6, 6.07) is 4.96. The first-order valence-electron chi connectivity index (χ1n) is 3.45. The largest absolute Gasteiger partial charge is 0.289 e. The molecule has 7 heteroatoms. The minimum Gasteiger partial charge on any atom is -0.258 e. The molecule has 74 valence electrons. The van der Waals surface area contributed by atoms with Crippen LogP contribution in [0.1, 0.15) is 0 Å². The Hall–Kier alpha value is -1.76. The van der Waals surface area contributed by atoms with E-state index in [0.717, 1.165) is 12.1 Å². The van der Waals surface area contributed by atoms with Crippen LogP contribution in [0.4, 0.5) is 5.69 Å². The van der Waals surface area contributed by atoms with Crippen molar-refractivity contribution in [1.29, 1.82) is 0 Å². The van der Waals surface area contributed by atoms with Gasteiger partial charge in [0.25, 0.3) is 15.7 Å². The topological polar surface area (TPSA) is 89.6 Å². The van der Waals surface area contributed by atoms with Crippen LogP contribution >= 0.6 is 0 Å². The Kier molecular flexibility index (Phi) is 2.61. The van der Waals surface area contributed by atoms with E-state index in [4.69, 9.17) is 0 Å². The van der Waals surface area contributed by atoms with Crippen LogP contribution in [-0.4, -0.2) is 20.1 Å². The summed E-state index contributed by atoms with van der Waals surface area (Å²) < 4.78 is 25.2. The lowest BCUT2D eigenvalue weighted by Gasteiger charge is -1.98. The normalized spacial score (nSPS) is 10.9. The Morgan fingerprint density at radius 1 is 1.36 bits per heavy atom. The summed E-state index contributed by atoms with van der Waals surface area (Å²) in [6.45, 7) is 2.85. The smallest absolute Gasteiger partial charge is 0.258 e. The number of benzene rings is 1. The molecule has 0 unspecified atom stereocenters. The summed E-state index contributed by atoms with van der Waals surface area (Å²) in [5.41, 5.74) is -0.500. The molecule has 0 fully saturated rings. The first-order chi connectivity index (χ1) is 6.49. The van der Waals surface area contributed by atoms with E-state index >= 15 is 0 Å². The fraction of sp³-hybridized carbons (Fsp3) is 0. The monoisotopic (exact) mass is 214 g/mol. The third-order valence-electron chi connectivity index (χ3n) is 1.51. The fourth-order valence-corrected chi connectivity index (χ4v) is 1.69.